The topological polar surface area (TPSA) is 95.1 Å². The molecular formula is C13H15N3O3. The molecule has 1 heterocycles. The highest BCUT2D eigenvalue weighted by Gasteiger charge is 2.30. The third-order valence-electron chi connectivity index (χ3n) is 2.91. The Hall–Kier alpha value is -2.37. The molecule has 0 aliphatic carbocycles. The summed E-state index contributed by atoms with van der Waals surface area (Å²) in [4.78, 5) is 22.8. The lowest BCUT2D eigenvalue weighted by atomic mass is 9.89. The van der Waals surface area contributed by atoms with Crippen LogP contribution >= 0.6 is 0 Å². The summed E-state index contributed by atoms with van der Waals surface area (Å²) in [6.07, 6.45) is 1.61. The summed E-state index contributed by atoms with van der Waals surface area (Å²) in [5.74, 6) is -1.32. The average Bonchev–Trinajstić information content (AvgIpc) is 2.74. The maximum absolute atomic E-state index is 11.8. The van der Waals surface area contributed by atoms with Crippen LogP contribution in [0.25, 0.3) is 10.9 Å². The molecule has 0 saturated carbocycles. The van der Waals surface area contributed by atoms with Crippen LogP contribution in [-0.4, -0.2) is 27.2 Å². The van der Waals surface area contributed by atoms with Crippen molar-refractivity contribution in [2.75, 3.05) is 5.32 Å². The first-order chi connectivity index (χ1) is 8.88. The molecule has 0 unspecified atom stereocenters. The van der Waals surface area contributed by atoms with Gasteiger partial charge in [-0.2, -0.15) is 5.10 Å². The zero-order valence-corrected chi connectivity index (χ0v) is 10.7. The van der Waals surface area contributed by atoms with Crippen LogP contribution < -0.4 is 5.32 Å². The molecule has 2 aromatic rings. The zero-order chi connectivity index (χ0) is 14.0. The summed E-state index contributed by atoms with van der Waals surface area (Å²) < 4.78 is 0. The van der Waals surface area contributed by atoms with E-state index in [0.717, 1.165) is 10.9 Å². The average molecular weight is 261 g/mol. The number of carboxylic acid groups (broad SMARTS) is 1. The van der Waals surface area contributed by atoms with Crippen molar-refractivity contribution in [3.05, 3.63) is 24.4 Å². The summed E-state index contributed by atoms with van der Waals surface area (Å²) in [7, 11) is 0. The number of carbonyl (C=O) groups excluding carboxylic acids is 1. The lowest BCUT2D eigenvalue weighted by Crippen LogP contribution is -2.29. The van der Waals surface area contributed by atoms with E-state index in [0.29, 0.717) is 5.69 Å². The van der Waals surface area contributed by atoms with Gasteiger partial charge in [-0.3, -0.25) is 14.7 Å². The van der Waals surface area contributed by atoms with Crippen molar-refractivity contribution in [2.45, 2.75) is 20.3 Å². The predicted molar refractivity (Wildman–Crippen MR) is 70.8 cm³/mol. The Bertz CT molecular complexity index is 631. The van der Waals surface area contributed by atoms with Gasteiger partial charge in [-0.25, -0.2) is 0 Å². The molecule has 0 saturated heterocycles. The Morgan fingerprint density at radius 2 is 2.16 bits per heavy atom. The number of carbonyl (C=O) groups is 2. The Labute approximate surface area is 109 Å². The van der Waals surface area contributed by atoms with E-state index in [1.54, 1.807) is 18.3 Å². The minimum absolute atomic E-state index is 0.0800. The fraction of sp³-hybridized carbons (Fsp3) is 0.308. The largest absolute Gasteiger partial charge is 0.481 e. The number of aromatic amines is 1. The highest BCUT2D eigenvalue weighted by Crippen LogP contribution is 2.22. The van der Waals surface area contributed by atoms with Crippen LogP contribution in [0.15, 0.2) is 24.4 Å². The highest BCUT2D eigenvalue weighted by molar-refractivity contribution is 5.95. The number of anilines is 1. The first-order valence-electron chi connectivity index (χ1n) is 5.85. The molecule has 0 aliphatic rings. The van der Waals surface area contributed by atoms with Crippen molar-refractivity contribution < 1.29 is 14.7 Å². The summed E-state index contributed by atoms with van der Waals surface area (Å²) in [6.45, 7) is 3.04. The SMILES string of the molecule is CC(C)(CC(=O)Nc1ccc2cn[nH]c2c1)C(=O)O. The number of nitrogens with one attached hydrogen (secondary N) is 2. The van der Waals surface area contributed by atoms with Gasteiger partial charge in [0.1, 0.15) is 0 Å². The fourth-order valence-corrected chi connectivity index (χ4v) is 1.70. The van der Waals surface area contributed by atoms with E-state index in [9.17, 15) is 9.59 Å². The lowest BCUT2D eigenvalue weighted by Gasteiger charge is -2.18. The van der Waals surface area contributed by atoms with Crippen molar-refractivity contribution in [1.29, 1.82) is 0 Å². The minimum Gasteiger partial charge on any atom is -0.481 e. The van der Waals surface area contributed by atoms with Gasteiger partial charge in [0.15, 0.2) is 0 Å². The molecular weight excluding hydrogens is 246 g/mol. The van der Waals surface area contributed by atoms with E-state index >= 15 is 0 Å². The number of aliphatic carboxylic acids is 1. The van der Waals surface area contributed by atoms with Crippen LogP contribution in [-0.2, 0) is 9.59 Å². The van der Waals surface area contributed by atoms with Crippen LogP contribution in [0.3, 0.4) is 0 Å². The molecule has 1 aromatic heterocycles. The smallest absolute Gasteiger partial charge is 0.309 e. The molecule has 0 fully saturated rings. The maximum Gasteiger partial charge on any atom is 0.309 e. The van der Waals surface area contributed by atoms with E-state index in [4.69, 9.17) is 5.11 Å². The van der Waals surface area contributed by atoms with Gasteiger partial charge in [0.05, 0.1) is 17.1 Å². The number of hydrogen-bond acceptors (Lipinski definition) is 3. The summed E-state index contributed by atoms with van der Waals surface area (Å²) in [6, 6.07) is 5.34. The second kappa shape index (κ2) is 4.72. The summed E-state index contributed by atoms with van der Waals surface area (Å²) in [5.41, 5.74) is 0.348. The fourth-order valence-electron chi connectivity index (χ4n) is 1.70. The van der Waals surface area contributed by atoms with Crippen molar-refractivity contribution in [2.24, 2.45) is 5.41 Å². The van der Waals surface area contributed by atoms with Gasteiger partial charge in [0, 0.05) is 17.5 Å². The van der Waals surface area contributed by atoms with E-state index in [1.807, 2.05) is 6.07 Å². The molecule has 0 bridgehead atoms. The van der Waals surface area contributed by atoms with Gasteiger partial charge in [-0.05, 0) is 32.0 Å². The number of aromatic nitrogens is 2. The van der Waals surface area contributed by atoms with Crippen molar-refractivity contribution >= 4 is 28.5 Å². The maximum atomic E-state index is 11.8. The third kappa shape index (κ3) is 2.90. The quantitative estimate of drug-likeness (QED) is 0.784. The van der Waals surface area contributed by atoms with Crippen molar-refractivity contribution in [3.63, 3.8) is 0 Å². The van der Waals surface area contributed by atoms with E-state index in [-0.39, 0.29) is 12.3 Å². The lowest BCUT2D eigenvalue weighted by molar-refractivity contribution is -0.148. The first kappa shape index (κ1) is 13.1. The Morgan fingerprint density at radius 3 is 2.84 bits per heavy atom. The standard InChI is InChI=1S/C13H15N3O3/c1-13(2,12(18)19)6-11(17)15-9-4-3-8-7-14-16-10(8)5-9/h3-5,7H,6H2,1-2H3,(H,14,16)(H,15,17)(H,18,19). The van der Waals surface area contributed by atoms with Crippen LogP contribution in [0.5, 0.6) is 0 Å². The Morgan fingerprint density at radius 1 is 1.42 bits per heavy atom. The van der Waals surface area contributed by atoms with Crippen molar-refractivity contribution in [3.8, 4) is 0 Å². The number of hydrogen-bond donors (Lipinski definition) is 3. The van der Waals surface area contributed by atoms with E-state index in [2.05, 4.69) is 15.5 Å². The van der Waals surface area contributed by atoms with Crippen molar-refractivity contribution in [1.82, 2.24) is 10.2 Å². The van der Waals surface area contributed by atoms with Gasteiger partial charge in [-0.1, -0.05) is 0 Å². The second-order valence-electron chi connectivity index (χ2n) is 5.09. The minimum atomic E-state index is -1.08. The second-order valence-corrected chi connectivity index (χ2v) is 5.09. The van der Waals surface area contributed by atoms with Crippen LogP contribution in [0.1, 0.15) is 20.3 Å². The predicted octanol–water partition coefficient (Wildman–Crippen LogP) is 2.00. The number of H-pyrrole nitrogens is 1. The van der Waals surface area contributed by atoms with Crippen LogP contribution in [0, 0.1) is 5.41 Å². The molecule has 0 atom stereocenters. The Kier molecular flexibility index (Phi) is 3.25. The molecule has 0 aliphatic heterocycles. The van der Waals surface area contributed by atoms with Gasteiger partial charge in [0.25, 0.3) is 0 Å². The van der Waals surface area contributed by atoms with Gasteiger partial charge in [0.2, 0.25) is 5.91 Å². The monoisotopic (exact) mass is 261 g/mol. The molecule has 0 spiro atoms. The number of fused-ring (bicyclic) bond motifs is 1. The number of nitrogens with zero attached hydrogens (tertiary/aromatic N) is 1. The number of carboxylic acids is 1. The normalized spacial score (nSPS) is 11.5. The van der Waals surface area contributed by atoms with E-state index in [1.165, 1.54) is 13.8 Å². The first-order valence-corrected chi connectivity index (χ1v) is 5.85. The molecule has 6 heteroatoms. The van der Waals surface area contributed by atoms with Gasteiger partial charge >= 0.3 is 5.97 Å². The highest BCUT2D eigenvalue weighted by atomic mass is 16.4. The molecule has 6 nitrogen and oxygen atoms in total. The number of rotatable bonds is 4. The summed E-state index contributed by atoms with van der Waals surface area (Å²) in [5, 5.41) is 19.3. The van der Waals surface area contributed by atoms with Gasteiger partial charge in [-0.15, -0.1) is 0 Å². The molecule has 2 rings (SSSR count). The molecule has 3 N–H and O–H groups in total. The summed E-state index contributed by atoms with van der Waals surface area (Å²) >= 11 is 0. The molecule has 0 radical (unpaired) electrons. The van der Waals surface area contributed by atoms with Gasteiger partial charge < -0.3 is 10.4 Å². The third-order valence-corrected chi connectivity index (χ3v) is 2.91. The Balaban J connectivity index is 2.08. The number of amides is 1. The number of benzene rings is 1. The van der Waals surface area contributed by atoms with Crippen LogP contribution in [0.4, 0.5) is 5.69 Å². The molecule has 1 amide bonds. The molecule has 19 heavy (non-hydrogen) atoms. The van der Waals surface area contributed by atoms with Crippen LogP contribution in [0.2, 0.25) is 0 Å². The zero-order valence-electron chi connectivity index (χ0n) is 10.7. The molecule has 100 valence electrons. The van der Waals surface area contributed by atoms with E-state index < -0.39 is 11.4 Å². The molecule has 1 aromatic carbocycles.